The van der Waals surface area contributed by atoms with E-state index in [1.807, 2.05) is 0 Å². The van der Waals surface area contributed by atoms with Crippen LogP contribution in [-0.2, 0) is 7.05 Å². The van der Waals surface area contributed by atoms with Crippen LogP contribution in [-0.4, -0.2) is 40.6 Å². The molecule has 2 rings (SSSR count). The molecule has 1 N–H and O–H groups in total. The van der Waals surface area contributed by atoms with Crippen molar-refractivity contribution in [3.05, 3.63) is 22.7 Å². The number of aryl methyl sites for hydroxylation is 1. The lowest BCUT2D eigenvalue weighted by Gasteiger charge is -2.29. The van der Waals surface area contributed by atoms with E-state index in [9.17, 15) is 4.79 Å². The number of piperidine rings is 1. The fourth-order valence-electron chi connectivity index (χ4n) is 2.54. The van der Waals surface area contributed by atoms with Crippen molar-refractivity contribution in [3.8, 4) is 0 Å². The Morgan fingerprint density at radius 3 is 2.84 bits per heavy atom. The van der Waals surface area contributed by atoms with Gasteiger partial charge in [-0.3, -0.25) is 4.79 Å². The average Bonchev–Trinajstić information content (AvgIpc) is 2.42. The topological polar surface area (TPSA) is 50.2 Å². The zero-order chi connectivity index (χ0) is 13.7. The van der Waals surface area contributed by atoms with Crippen LogP contribution >= 0.6 is 0 Å². The molecule has 19 heavy (non-hydrogen) atoms. The zero-order valence-electron chi connectivity index (χ0n) is 11.9. The van der Waals surface area contributed by atoms with Crippen molar-refractivity contribution in [1.82, 2.24) is 14.5 Å². The Morgan fingerprint density at radius 2 is 2.11 bits per heavy atom. The maximum atomic E-state index is 11.8. The van der Waals surface area contributed by atoms with Gasteiger partial charge in [-0.15, -0.1) is 0 Å². The van der Waals surface area contributed by atoms with Gasteiger partial charge in [-0.1, -0.05) is 13.3 Å². The number of hydrogen-bond acceptors (Lipinski definition) is 4. The molecule has 106 valence electrons. The van der Waals surface area contributed by atoms with E-state index in [-0.39, 0.29) is 5.56 Å². The van der Waals surface area contributed by atoms with Gasteiger partial charge in [-0.2, -0.15) is 0 Å². The summed E-state index contributed by atoms with van der Waals surface area (Å²) in [5.74, 6) is 0.973. The molecule has 0 amide bonds. The number of nitrogens with one attached hydrogen (secondary N) is 1. The van der Waals surface area contributed by atoms with E-state index in [4.69, 9.17) is 0 Å². The Balaban J connectivity index is 1.81. The molecule has 5 nitrogen and oxygen atoms in total. The van der Waals surface area contributed by atoms with Crippen LogP contribution in [0.3, 0.4) is 0 Å². The van der Waals surface area contributed by atoms with Gasteiger partial charge in [0.05, 0.1) is 0 Å². The smallest absolute Gasteiger partial charge is 0.293 e. The maximum absolute atomic E-state index is 11.8. The standard InChI is InChI=1S/C14H24N4O/c1-12(11-18-7-4-3-5-8-18)10-16-13-14(19)17(2)9-6-15-13/h6,9,12H,3-5,7-8,10-11H2,1-2H3,(H,15,16). The van der Waals surface area contributed by atoms with E-state index in [2.05, 4.69) is 22.1 Å². The minimum atomic E-state index is -0.0623. The van der Waals surface area contributed by atoms with E-state index < -0.39 is 0 Å². The summed E-state index contributed by atoms with van der Waals surface area (Å²) in [6, 6.07) is 0. The molecule has 0 saturated carbocycles. The van der Waals surface area contributed by atoms with Crippen molar-refractivity contribution >= 4 is 5.82 Å². The summed E-state index contributed by atoms with van der Waals surface area (Å²) < 4.78 is 1.55. The van der Waals surface area contributed by atoms with Crippen LogP contribution < -0.4 is 10.9 Å². The Kier molecular flexibility index (Phi) is 4.96. The van der Waals surface area contributed by atoms with Crippen LogP contribution in [0.25, 0.3) is 0 Å². The first-order valence-electron chi connectivity index (χ1n) is 7.14. The number of aromatic nitrogens is 2. The lowest BCUT2D eigenvalue weighted by atomic mass is 10.1. The summed E-state index contributed by atoms with van der Waals surface area (Å²) >= 11 is 0. The summed E-state index contributed by atoms with van der Waals surface area (Å²) in [5, 5.41) is 3.17. The lowest BCUT2D eigenvalue weighted by Crippen LogP contribution is -2.35. The Hall–Kier alpha value is -1.36. The SMILES string of the molecule is CC(CNc1nccn(C)c1=O)CN1CCCCC1. The predicted octanol–water partition coefficient (Wildman–Crippen LogP) is 1.31. The van der Waals surface area contributed by atoms with Crippen molar-refractivity contribution in [3.63, 3.8) is 0 Å². The minimum Gasteiger partial charge on any atom is -0.365 e. The second-order valence-corrected chi connectivity index (χ2v) is 5.54. The molecule has 1 aromatic heterocycles. The highest BCUT2D eigenvalue weighted by Crippen LogP contribution is 2.11. The molecular weight excluding hydrogens is 240 g/mol. The predicted molar refractivity (Wildman–Crippen MR) is 77.4 cm³/mol. The van der Waals surface area contributed by atoms with E-state index in [1.54, 1.807) is 24.0 Å². The number of rotatable bonds is 5. The Morgan fingerprint density at radius 1 is 1.37 bits per heavy atom. The highest BCUT2D eigenvalue weighted by molar-refractivity contribution is 5.30. The normalized spacial score (nSPS) is 18.2. The molecule has 1 atom stereocenters. The molecule has 1 fully saturated rings. The van der Waals surface area contributed by atoms with Gasteiger partial charge in [-0.05, 0) is 31.8 Å². The number of likely N-dealkylation sites (tertiary alicyclic amines) is 1. The molecule has 0 spiro atoms. The molecule has 1 unspecified atom stereocenters. The van der Waals surface area contributed by atoms with Crippen LogP contribution in [0.15, 0.2) is 17.2 Å². The third-order valence-electron chi connectivity index (χ3n) is 3.65. The fraction of sp³-hybridized carbons (Fsp3) is 0.714. The second-order valence-electron chi connectivity index (χ2n) is 5.54. The Labute approximate surface area is 114 Å². The first kappa shape index (κ1) is 14.1. The summed E-state index contributed by atoms with van der Waals surface area (Å²) in [4.78, 5) is 18.4. The van der Waals surface area contributed by atoms with Gasteiger partial charge in [-0.25, -0.2) is 4.98 Å². The molecule has 0 aliphatic carbocycles. The van der Waals surface area contributed by atoms with Gasteiger partial charge < -0.3 is 14.8 Å². The number of anilines is 1. The first-order chi connectivity index (χ1) is 9.16. The molecule has 0 radical (unpaired) electrons. The van der Waals surface area contributed by atoms with Crippen molar-refractivity contribution in [2.24, 2.45) is 13.0 Å². The highest BCUT2D eigenvalue weighted by atomic mass is 16.1. The molecular formula is C14H24N4O. The van der Waals surface area contributed by atoms with E-state index in [0.717, 1.165) is 13.1 Å². The quantitative estimate of drug-likeness (QED) is 0.871. The second kappa shape index (κ2) is 6.70. The van der Waals surface area contributed by atoms with Crippen LogP contribution in [0.4, 0.5) is 5.82 Å². The average molecular weight is 264 g/mol. The van der Waals surface area contributed by atoms with Gasteiger partial charge >= 0.3 is 0 Å². The van der Waals surface area contributed by atoms with Crippen molar-refractivity contribution in [2.75, 3.05) is 31.5 Å². The summed E-state index contributed by atoms with van der Waals surface area (Å²) in [6.45, 7) is 6.54. The third-order valence-corrected chi connectivity index (χ3v) is 3.65. The highest BCUT2D eigenvalue weighted by Gasteiger charge is 2.13. The van der Waals surface area contributed by atoms with Crippen molar-refractivity contribution in [1.29, 1.82) is 0 Å². The van der Waals surface area contributed by atoms with E-state index >= 15 is 0 Å². The summed E-state index contributed by atoms with van der Waals surface area (Å²) in [6.07, 6.45) is 7.33. The lowest BCUT2D eigenvalue weighted by molar-refractivity contribution is 0.204. The molecule has 0 bridgehead atoms. The molecule has 1 aromatic rings. The van der Waals surface area contributed by atoms with Gasteiger partial charge in [0.15, 0.2) is 5.82 Å². The molecule has 1 saturated heterocycles. The van der Waals surface area contributed by atoms with Gasteiger partial charge in [0.2, 0.25) is 0 Å². The molecule has 1 aliphatic heterocycles. The molecule has 2 heterocycles. The number of hydrogen-bond donors (Lipinski definition) is 1. The van der Waals surface area contributed by atoms with Crippen LogP contribution in [0.5, 0.6) is 0 Å². The number of nitrogens with zero attached hydrogens (tertiary/aromatic N) is 3. The summed E-state index contributed by atoms with van der Waals surface area (Å²) in [5.41, 5.74) is -0.0623. The van der Waals surface area contributed by atoms with E-state index in [0.29, 0.717) is 11.7 Å². The van der Waals surface area contributed by atoms with Crippen molar-refractivity contribution in [2.45, 2.75) is 26.2 Å². The molecule has 5 heteroatoms. The van der Waals surface area contributed by atoms with Crippen LogP contribution in [0, 0.1) is 5.92 Å². The van der Waals surface area contributed by atoms with Crippen molar-refractivity contribution < 1.29 is 0 Å². The monoisotopic (exact) mass is 264 g/mol. The molecule has 0 aromatic carbocycles. The van der Waals surface area contributed by atoms with Gasteiger partial charge in [0.1, 0.15) is 0 Å². The molecule has 1 aliphatic rings. The van der Waals surface area contributed by atoms with Gasteiger partial charge in [0.25, 0.3) is 5.56 Å². The largest absolute Gasteiger partial charge is 0.365 e. The fourth-order valence-corrected chi connectivity index (χ4v) is 2.54. The van der Waals surface area contributed by atoms with Gasteiger partial charge in [0, 0.05) is 32.5 Å². The third kappa shape index (κ3) is 4.06. The van der Waals surface area contributed by atoms with Crippen LogP contribution in [0.2, 0.25) is 0 Å². The maximum Gasteiger partial charge on any atom is 0.293 e. The first-order valence-corrected chi connectivity index (χ1v) is 7.14. The van der Waals surface area contributed by atoms with E-state index in [1.165, 1.54) is 32.4 Å². The summed E-state index contributed by atoms with van der Waals surface area (Å²) in [7, 11) is 1.74. The Bertz CT molecular complexity index is 451. The minimum absolute atomic E-state index is 0.0623. The zero-order valence-corrected chi connectivity index (χ0v) is 11.9. The van der Waals surface area contributed by atoms with Crippen LogP contribution in [0.1, 0.15) is 26.2 Å².